The Morgan fingerprint density at radius 3 is 2.17 bits per heavy atom. The third-order valence-corrected chi connectivity index (χ3v) is 2.29. The molecule has 0 atom stereocenters. The van der Waals surface area contributed by atoms with Gasteiger partial charge >= 0.3 is 0 Å². The summed E-state index contributed by atoms with van der Waals surface area (Å²) >= 11 is 4.56. The first-order valence-electron chi connectivity index (χ1n) is 4.21. The summed E-state index contributed by atoms with van der Waals surface area (Å²) in [6.07, 6.45) is 0. The Morgan fingerprint density at radius 1 is 1.17 bits per heavy atom. The molecule has 0 aliphatic heterocycles. The number of hydrogen-bond acceptors (Lipinski definition) is 1. The summed E-state index contributed by atoms with van der Waals surface area (Å²) in [5.41, 5.74) is 3.95. The molecule has 0 saturated heterocycles. The van der Waals surface area contributed by atoms with Gasteiger partial charge in [-0.05, 0) is 38.8 Å². The number of rotatable bonds is 1. The van der Waals surface area contributed by atoms with Crippen LogP contribution in [0.4, 0.5) is 0 Å². The maximum atomic E-state index is 4.56. The van der Waals surface area contributed by atoms with E-state index in [1.54, 1.807) is 0 Å². The highest BCUT2D eigenvalue weighted by molar-refractivity contribution is 7.81. The molecule has 1 rings (SSSR count). The largest absolute Gasteiger partial charge is 0.168 e. The second kappa shape index (κ2) is 3.14. The zero-order valence-electron chi connectivity index (χ0n) is 8.18. The molecule has 0 amide bonds. The highest BCUT2D eigenvalue weighted by Crippen LogP contribution is 2.30. The van der Waals surface area contributed by atoms with Crippen molar-refractivity contribution >= 4 is 12.6 Å². The molecule has 0 radical (unpaired) electrons. The normalized spacial score (nSPS) is 11.8. The third kappa shape index (κ3) is 2.04. The first-order chi connectivity index (χ1) is 5.41. The van der Waals surface area contributed by atoms with Gasteiger partial charge in [-0.3, -0.25) is 0 Å². The molecule has 0 heterocycles. The number of benzene rings is 1. The highest BCUT2D eigenvalue weighted by atomic mass is 32.1. The van der Waals surface area contributed by atoms with Gasteiger partial charge in [-0.25, -0.2) is 0 Å². The first kappa shape index (κ1) is 9.66. The van der Waals surface area contributed by atoms with Gasteiger partial charge in [0.25, 0.3) is 0 Å². The van der Waals surface area contributed by atoms with Crippen LogP contribution in [0.5, 0.6) is 0 Å². The van der Waals surface area contributed by atoms with Gasteiger partial charge in [-0.15, -0.1) is 0 Å². The lowest BCUT2D eigenvalue weighted by Gasteiger charge is -2.21. The van der Waals surface area contributed by atoms with Crippen molar-refractivity contribution in [3.05, 3.63) is 34.9 Å². The van der Waals surface area contributed by atoms with Crippen LogP contribution in [-0.4, -0.2) is 0 Å². The number of thiol groups is 1. The molecule has 0 fully saturated rings. The van der Waals surface area contributed by atoms with Crippen molar-refractivity contribution in [2.45, 2.75) is 32.4 Å². The molecule has 66 valence electrons. The Balaban J connectivity index is 3.23. The molecule has 0 saturated carbocycles. The maximum absolute atomic E-state index is 4.56. The molecule has 0 unspecified atom stereocenters. The zero-order chi connectivity index (χ0) is 9.35. The third-order valence-electron chi connectivity index (χ3n) is 2.05. The molecule has 1 aromatic carbocycles. The Kier molecular flexibility index (Phi) is 2.52. The van der Waals surface area contributed by atoms with Gasteiger partial charge < -0.3 is 0 Å². The van der Waals surface area contributed by atoms with E-state index < -0.39 is 0 Å². The van der Waals surface area contributed by atoms with E-state index in [0.29, 0.717) is 0 Å². The van der Waals surface area contributed by atoms with Crippen molar-refractivity contribution in [3.63, 3.8) is 0 Å². The van der Waals surface area contributed by atoms with E-state index >= 15 is 0 Å². The molecule has 0 spiro atoms. The molecular weight excluding hydrogens is 164 g/mol. The molecule has 1 heteroatoms. The smallest absolute Gasteiger partial charge is 0.0324 e. The topological polar surface area (TPSA) is 0 Å². The van der Waals surface area contributed by atoms with Gasteiger partial charge in [-0.2, -0.15) is 12.6 Å². The Morgan fingerprint density at radius 2 is 1.75 bits per heavy atom. The summed E-state index contributed by atoms with van der Waals surface area (Å²) in [6.45, 7) is 8.49. The monoisotopic (exact) mass is 180 g/mol. The molecule has 0 N–H and O–H groups in total. The lowest BCUT2D eigenvalue weighted by molar-refractivity contribution is 0.782. The minimum absolute atomic E-state index is 0.0316. The van der Waals surface area contributed by atoms with E-state index in [-0.39, 0.29) is 4.75 Å². The van der Waals surface area contributed by atoms with E-state index in [0.717, 1.165) is 0 Å². The molecule has 1 aromatic rings. The van der Waals surface area contributed by atoms with Crippen LogP contribution < -0.4 is 0 Å². The summed E-state index contributed by atoms with van der Waals surface area (Å²) in [6, 6.07) is 6.50. The minimum atomic E-state index is -0.0316. The lowest BCUT2D eigenvalue weighted by Crippen LogP contribution is -2.09. The standard InChI is InChI=1S/C11H16S/c1-8-5-6-9(2)10(7-8)11(3,4)12/h5-7,12H,1-4H3. The minimum Gasteiger partial charge on any atom is -0.168 e. The molecule has 0 bridgehead atoms. The van der Waals surface area contributed by atoms with Gasteiger partial charge in [0.1, 0.15) is 0 Å². The van der Waals surface area contributed by atoms with Crippen LogP contribution in [0.2, 0.25) is 0 Å². The molecule has 0 aromatic heterocycles. The van der Waals surface area contributed by atoms with E-state index in [2.05, 4.69) is 58.5 Å². The summed E-state index contributed by atoms with van der Waals surface area (Å²) in [5, 5.41) is 0. The summed E-state index contributed by atoms with van der Waals surface area (Å²) in [7, 11) is 0. The second-order valence-electron chi connectivity index (χ2n) is 3.88. The van der Waals surface area contributed by atoms with Crippen molar-refractivity contribution in [3.8, 4) is 0 Å². The number of hydrogen-bond donors (Lipinski definition) is 1. The van der Waals surface area contributed by atoms with E-state index in [9.17, 15) is 0 Å². The van der Waals surface area contributed by atoms with Crippen LogP contribution in [0.15, 0.2) is 18.2 Å². The fourth-order valence-corrected chi connectivity index (χ4v) is 1.64. The average molecular weight is 180 g/mol. The van der Waals surface area contributed by atoms with E-state index in [1.165, 1.54) is 16.7 Å². The van der Waals surface area contributed by atoms with Crippen LogP contribution in [-0.2, 0) is 4.75 Å². The van der Waals surface area contributed by atoms with Gasteiger partial charge in [0.2, 0.25) is 0 Å². The molecule has 0 nitrogen and oxygen atoms in total. The van der Waals surface area contributed by atoms with E-state index in [1.807, 2.05) is 0 Å². The Labute approximate surface area is 80.4 Å². The van der Waals surface area contributed by atoms with Crippen molar-refractivity contribution in [1.82, 2.24) is 0 Å². The maximum Gasteiger partial charge on any atom is 0.0324 e. The summed E-state index contributed by atoms with van der Waals surface area (Å²) in [5.74, 6) is 0. The molecule has 0 aliphatic rings. The molecule has 12 heavy (non-hydrogen) atoms. The van der Waals surface area contributed by atoms with Crippen molar-refractivity contribution in [2.75, 3.05) is 0 Å². The second-order valence-corrected chi connectivity index (χ2v) is 5.00. The lowest BCUT2D eigenvalue weighted by atomic mass is 9.95. The van der Waals surface area contributed by atoms with Gasteiger partial charge in [0, 0.05) is 4.75 Å². The highest BCUT2D eigenvalue weighted by Gasteiger charge is 2.16. The van der Waals surface area contributed by atoms with Crippen LogP contribution in [0.1, 0.15) is 30.5 Å². The first-order valence-corrected chi connectivity index (χ1v) is 4.66. The van der Waals surface area contributed by atoms with Crippen molar-refractivity contribution in [1.29, 1.82) is 0 Å². The Hall–Kier alpha value is -0.430. The quantitative estimate of drug-likeness (QED) is 0.629. The predicted molar refractivity (Wildman–Crippen MR) is 57.9 cm³/mol. The molecular formula is C11H16S. The molecule has 0 aliphatic carbocycles. The van der Waals surface area contributed by atoms with Crippen LogP contribution >= 0.6 is 12.6 Å². The summed E-state index contributed by atoms with van der Waals surface area (Å²) < 4.78 is -0.0316. The number of aryl methyl sites for hydroxylation is 2. The zero-order valence-corrected chi connectivity index (χ0v) is 9.07. The van der Waals surface area contributed by atoms with E-state index in [4.69, 9.17) is 0 Å². The van der Waals surface area contributed by atoms with Gasteiger partial charge in [-0.1, -0.05) is 23.8 Å². The van der Waals surface area contributed by atoms with Crippen LogP contribution in [0, 0.1) is 13.8 Å². The fourth-order valence-electron chi connectivity index (χ4n) is 1.39. The fraction of sp³-hybridized carbons (Fsp3) is 0.455. The average Bonchev–Trinajstić information content (AvgIpc) is 1.92. The van der Waals surface area contributed by atoms with Crippen molar-refractivity contribution < 1.29 is 0 Å². The SMILES string of the molecule is Cc1ccc(C)c(C(C)(C)S)c1. The van der Waals surface area contributed by atoms with Crippen LogP contribution in [0.25, 0.3) is 0 Å². The van der Waals surface area contributed by atoms with Crippen LogP contribution in [0.3, 0.4) is 0 Å². The van der Waals surface area contributed by atoms with Gasteiger partial charge in [0.05, 0.1) is 0 Å². The summed E-state index contributed by atoms with van der Waals surface area (Å²) in [4.78, 5) is 0. The predicted octanol–water partition coefficient (Wildman–Crippen LogP) is 3.47. The van der Waals surface area contributed by atoms with Gasteiger partial charge in [0.15, 0.2) is 0 Å². The Bertz CT molecular complexity index is 282. The van der Waals surface area contributed by atoms with Crippen molar-refractivity contribution in [2.24, 2.45) is 0 Å².